The molecule has 0 saturated heterocycles. The summed E-state index contributed by atoms with van der Waals surface area (Å²) in [5.74, 6) is 0.611. The lowest BCUT2D eigenvalue weighted by Gasteiger charge is -2.08. The zero-order valence-corrected chi connectivity index (χ0v) is 8.90. The lowest BCUT2D eigenvalue weighted by Crippen LogP contribution is -2.09. The Hall–Kier alpha value is -0.890. The van der Waals surface area contributed by atoms with E-state index in [1.54, 1.807) is 0 Å². The Morgan fingerprint density at radius 2 is 1.92 bits per heavy atom. The van der Waals surface area contributed by atoms with Crippen molar-refractivity contribution in [1.29, 1.82) is 0 Å². The predicted octanol–water partition coefficient (Wildman–Crippen LogP) is 2.83. The summed E-state index contributed by atoms with van der Waals surface area (Å²) in [6.07, 6.45) is 1.16. The molecule has 13 heavy (non-hydrogen) atoms. The summed E-state index contributed by atoms with van der Waals surface area (Å²) >= 11 is 4.88. The molecule has 2 heteroatoms. The Morgan fingerprint density at radius 1 is 1.38 bits per heavy atom. The Morgan fingerprint density at radius 3 is 2.31 bits per heavy atom. The summed E-state index contributed by atoms with van der Waals surface area (Å²) in [4.78, 5) is 0.468. The van der Waals surface area contributed by atoms with Crippen molar-refractivity contribution in [2.24, 2.45) is 5.73 Å². The molecule has 1 aromatic rings. The molecule has 70 valence electrons. The minimum Gasteiger partial charge on any atom is -0.389 e. The average Bonchev–Trinajstić information content (AvgIpc) is 2.17. The van der Waals surface area contributed by atoms with Crippen LogP contribution in [0.15, 0.2) is 24.3 Å². The number of thiocarbonyl (C=S) groups is 1. The molecule has 0 amide bonds. The maximum Gasteiger partial charge on any atom is 0.103 e. The molecule has 1 aromatic carbocycles. The number of nitrogens with two attached hydrogens (primary N) is 1. The first-order valence-electron chi connectivity index (χ1n) is 4.55. The van der Waals surface area contributed by atoms with E-state index in [4.69, 9.17) is 18.0 Å². The van der Waals surface area contributed by atoms with Gasteiger partial charge >= 0.3 is 0 Å². The molecular formula is C11H15NS. The Bertz CT molecular complexity index is 289. The monoisotopic (exact) mass is 193 g/mol. The SMILES string of the molecule is CCC(C)c1ccc(C(N)=S)cc1. The van der Waals surface area contributed by atoms with Gasteiger partial charge in [0.25, 0.3) is 0 Å². The molecule has 0 aliphatic carbocycles. The van der Waals surface area contributed by atoms with Gasteiger partial charge in [0.2, 0.25) is 0 Å². The standard InChI is InChI=1S/C11H15NS/c1-3-8(2)9-4-6-10(7-5-9)11(12)13/h4-8H,3H2,1-2H3,(H2,12,13). The third-order valence-electron chi connectivity index (χ3n) is 2.38. The van der Waals surface area contributed by atoms with E-state index < -0.39 is 0 Å². The second-order valence-corrected chi connectivity index (χ2v) is 3.74. The quantitative estimate of drug-likeness (QED) is 0.747. The summed E-state index contributed by atoms with van der Waals surface area (Å²) in [5.41, 5.74) is 7.80. The maximum absolute atomic E-state index is 5.50. The summed E-state index contributed by atoms with van der Waals surface area (Å²) in [6.45, 7) is 4.40. The van der Waals surface area contributed by atoms with Crippen molar-refractivity contribution in [2.75, 3.05) is 0 Å². The van der Waals surface area contributed by atoms with Crippen LogP contribution in [0.25, 0.3) is 0 Å². The predicted molar refractivity (Wildman–Crippen MR) is 61.0 cm³/mol. The summed E-state index contributed by atoms with van der Waals surface area (Å²) in [5, 5.41) is 0. The lowest BCUT2D eigenvalue weighted by molar-refractivity contribution is 0.733. The van der Waals surface area contributed by atoms with E-state index in [1.807, 2.05) is 12.1 Å². The van der Waals surface area contributed by atoms with Gasteiger partial charge in [0.1, 0.15) is 4.99 Å². The molecule has 2 N–H and O–H groups in total. The zero-order valence-electron chi connectivity index (χ0n) is 8.08. The molecule has 0 bridgehead atoms. The van der Waals surface area contributed by atoms with Crippen LogP contribution < -0.4 is 5.73 Å². The number of benzene rings is 1. The van der Waals surface area contributed by atoms with Gasteiger partial charge in [-0.15, -0.1) is 0 Å². The van der Waals surface area contributed by atoms with Gasteiger partial charge in [-0.05, 0) is 17.9 Å². The molecule has 0 saturated carbocycles. The summed E-state index contributed by atoms with van der Waals surface area (Å²) in [7, 11) is 0. The molecule has 1 nitrogen and oxygen atoms in total. The fourth-order valence-electron chi connectivity index (χ4n) is 1.21. The van der Waals surface area contributed by atoms with Crippen molar-refractivity contribution >= 4 is 17.2 Å². The highest BCUT2D eigenvalue weighted by Crippen LogP contribution is 2.18. The zero-order chi connectivity index (χ0) is 9.84. The number of rotatable bonds is 3. The van der Waals surface area contributed by atoms with E-state index in [1.165, 1.54) is 5.56 Å². The van der Waals surface area contributed by atoms with E-state index in [2.05, 4.69) is 26.0 Å². The maximum atomic E-state index is 5.50. The first kappa shape index (κ1) is 10.2. The van der Waals surface area contributed by atoms with E-state index >= 15 is 0 Å². The molecule has 0 heterocycles. The van der Waals surface area contributed by atoms with Crippen molar-refractivity contribution in [2.45, 2.75) is 26.2 Å². The average molecular weight is 193 g/mol. The third kappa shape index (κ3) is 2.52. The summed E-state index contributed by atoms with van der Waals surface area (Å²) in [6, 6.07) is 8.18. The van der Waals surface area contributed by atoms with Gasteiger partial charge in [0, 0.05) is 5.56 Å². The molecule has 1 rings (SSSR count). The van der Waals surface area contributed by atoms with Crippen molar-refractivity contribution < 1.29 is 0 Å². The van der Waals surface area contributed by atoms with Gasteiger partial charge in [-0.25, -0.2) is 0 Å². The minimum absolute atomic E-state index is 0.468. The Kier molecular flexibility index (Phi) is 3.43. The van der Waals surface area contributed by atoms with Crippen molar-refractivity contribution in [3.63, 3.8) is 0 Å². The molecular weight excluding hydrogens is 178 g/mol. The molecule has 0 aliphatic rings. The smallest absolute Gasteiger partial charge is 0.103 e. The topological polar surface area (TPSA) is 26.0 Å². The second-order valence-electron chi connectivity index (χ2n) is 3.30. The first-order chi connectivity index (χ1) is 6.15. The highest BCUT2D eigenvalue weighted by atomic mass is 32.1. The van der Waals surface area contributed by atoms with Crippen LogP contribution in [0.3, 0.4) is 0 Å². The van der Waals surface area contributed by atoms with Crippen LogP contribution in [0.4, 0.5) is 0 Å². The van der Waals surface area contributed by atoms with E-state index in [9.17, 15) is 0 Å². The largest absolute Gasteiger partial charge is 0.389 e. The molecule has 0 radical (unpaired) electrons. The first-order valence-corrected chi connectivity index (χ1v) is 4.95. The molecule has 1 unspecified atom stereocenters. The molecule has 0 spiro atoms. The van der Waals surface area contributed by atoms with Crippen LogP contribution in [0.2, 0.25) is 0 Å². The van der Waals surface area contributed by atoms with Crippen LogP contribution in [0.5, 0.6) is 0 Å². The Labute approximate surface area is 85.0 Å². The van der Waals surface area contributed by atoms with Gasteiger partial charge in [-0.1, -0.05) is 50.3 Å². The van der Waals surface area contributed by atoms with Gasteiger partial charge in [-0.2, -0.15) is 0 Å². The molecule has 1 atom stereocenters. The van der Waals surface area contributed by atoms with E-state index in [0.29, 0.717) is 10.9 Å². The van der Waals surface area contributed by atoms with Gasteiger partial charge in [0.05, 0.1) is 0 Å². The van der Waals surface area contributed by atoms with Crippen molar-refractivity contribution in [1.82, 2.24) is 0 Å². The van der Waals surface area contributed by atoms with Crippen LogP contribution in [0.1, 0.15) is 37.3 Å². The van der Waals surface area contributed by atoms with Crippen molar-refractivity contribution in [3.8, 4) is 0 Å². The van der Waals surface area contributed by atoms with Crippen molar-refractivity contribution in [3.05, 3.63) is 35.4 Å². The second kappa shape index (κ2) is 4.38. The van der Waals surface area contributed by atoms with Gasteiger partial charge in [0.15, 0.2) is 0 Å². The fraction of sp³-hybridized carbons (Fsp3) is 0.364. The minimum atomic E-state index is 0.468. The van der Waals surface area contributed by atoms with Crippen LogP contribution >= 0.6 is 12.2 Å². The molecule has 0 aromatic heterocycles. The number of hydrogen-bond donors (Lipinski definition) is 1. The van der Waals surface area contributed by atoms with Gasteiger partial charge < -0.3 is 5.73 Å². The normalized spacial score (nSPS) is 12.5. The lowest BCUT2D eigenvalue weighted by atomic mass is 9.98. The van der Waals surface area contributed by atoms with Crippen LogP contribution in [-0.4, -0.2) is 4.99 Å². The van der Waals surface area contributed by atoms with Crippen LogP contribution in [0, 0.1) is 0 Å². The Balaban J connectivity index is 2.87. The third-order valence-corrected chi connectivity index (χ3v) is 2.61. The van der Waals surface area contributed by atoms with E-state index in [-0.39, 0.29) is 0 Å². The fourth-order valence-corrected chi connectivity index (χ4v) is 1.35. The highest BCUT2D eigenvalue weighted by Gasteiger charge is 2.02. The van der Waals surface area contributed by atoms with E-state index in [0.717, 1.165) is 12.0 Å². The van der Waals surface area contributed by atoms with Crippen LogP contribution in [-0.2, 0) is 0 Å². The molecule has 0 fully saturated rings. The molecule has 0 aliphatic heterocycles. The highest BCUT2D eigenvalue weighted by molar-refractivity contribution is 7.80. The number of hydrogen-bond acceptors (Lipinski definition) is 1. The van der Waals surface area contributed by atoms with Gasteiger partial charge in [-0.3, -0.25) is 0 Å². The summed E-state index contributed by atoms with van der Waals surface area (Å²) < 4.78 is 0.